The maximum absolute atomic E-state index is 12.3. The van der Waals surface area contributed by atoms with Crippen molar-refractivity contribution < 1.29 is 19.5 Å². The predicted octanol–water partition coefficient (Wildman–Crippen LogP) is 2.03. The third kappa shape index (κ3) is 4.29. The zero-order valence-electron chi connectivity index (χ0n) is 11.8. The maximum atomic E-state index is 12.3. The van der Waals surface area contributed by atoms with Crippen LogP contribution in [0.25, 0.3) is 0 Å². The molecule has 0 saturated carbocycles. The first kappa shape index (κ1) is 15.5. The van der Waals surface area contributed by atoms with E-state index in [0.29, 0.717) is 23.0 Å². The molecular weight excluding hydrogens is 292 g/mol. The molecule has 1 aromatic heterocycles. The van der Waals surface area contributed by atoms with Crippen molar-refractivity contribution >= 4 is 34.1 Å². The van der Waals surface area contributed by atoms with E-state index in [9.17, 15) is 14.4 Å². The van der Waals surface area contributed by atoms with Gasteiger partial charge in [-0.1, -0.05) is 0 Å². The van der Waals surface area contributed by atoms with Crippen molar-refractivity contribution in [1.82, 2.24) is 4.90 Å². The minimum absolute atomic E-state index is 0.0506. The number of hydrogen-bond acceptors (Lipinski definition) is 4. The van der Waals surface area contributed by atoms with E-state index in [1.807, 2.05) is 0 Å². The Morgan fingerprint density at radius 3 is 2.57 bits per heavy atom. The molecule has 2 N–H and O–H groups in total. The number of amides is 2. The maximum Gasteiger partial charge on any atom is 0.303 e. The molecule has 0 bridgehead atoms. The number of nitrogens with zero attached hydrogens (tertiary/aromatic N) is 1. The molecule has 2 heterocycles. The van der Waals surface area contributed by atoms with Crippen molar-refractivity contribution in [2.75, 3.05) is 18.4 Å². The number of nitrogens with one attached hydrogen (secondary N) is 1. The Balaban J connectivity index is 1.91. The van der Waals surface area contributed by atoms with Gasteiger partial charge in [0.2, 0.25) is 5.91 Å². The van der Waals surface area contributed by atoms with Gasteiger partial charge >= 0.3 is 5.97 Å². The van der Waals surface area contributed by atoms with Crippen LogP contribution in [-0.4, -0.2) is 40.9 Å². The zero-order valence-corrected chi connectivity index (χ0v) is 12.6. The fraction of sp³-hybridized carbons (Fsp3) is 0.500. The number of carboxylic acids is 1. The number of thiophene rings is 1. The number of hydrogen-bond donors (Lipinski definition) is 2. The van der Waals surface area contributed by atoms with Gasteiger partial charge in [-0.2, -0.15) is 0 Å². The number of carboxylic acid groups (broad SMARTS) is 1. The smallest absolute Gasteiger partial charge is 0.303 e. The molecule has 0 aromatic carbocycles. The third-order valence-electron chi connectivity index (χ3n) is 3.48. The summed E-state index contributed by atoms with van der Waals surface area (Å²) in [5.74, 6) is -0.835. The highest BCUT2D eigenvalue weighted by Crippen LogP contribution is 2.26. The lowest BCUT2D eigenvalue weighted by Gasteiger charge is -2.31. The van der Waals surface area contributed by atoms with Gasteiger partial charge in [-0.05, 0) is 30.9 Å². The first-order valence-electron chi connectivity index (χ1n) is 6.84. The van der Waals surface area contributed by atoms with Crippen LogP contribution in [0.5, 0.6) is 0 Å². The zero-order chi connectivity index (χ0) is 15.4. The Bertz CT molecular complexity index is 547. The van der Waals surface area contributed by atoms with Crippen molar-refractivity contribution in [1.29, 1.82) is 0 Å². The van der Waals surface area contributed by atoms with E-state index in [-0.39, 0.29) is 24.2 Å². The lowest BCUT2D eigenvalue weighted by Crippen LogP contribution is -2.38. The second-order valence-electron chi connectivity index (χ2n) is 5.18. The molecule has 1 fully saturated rings. The molecule has 1 saturated heterocycles. The molecule has 0 radical (unpaired) electrons. The number of aliphatic carboxylic acids is 1. The fourth-order valence-corrected chi connectivity index (χ4v) is 3.36. The first-order chi connectivity index (χ1) is 9.95. The molecule has 1 aliphatic heterocycles. The van der Waals surface area contributed by atoms with Gasteiger partial charge in [0.15, 0.2) is 0 Å². The SMILES string of the molecule is CC(=O)Nc1ccc(C(=O)N2CCC(CC(=O)O)CC2)s1. The van der Waals surface area contributed by atoms with Crippen LogP contribution >= 0.6 is 11.3 Å². The molecule has 7 heteroatoms. The quantitative estimate of drug-likeness (QED) is 0.891. The summed E-state index contributed by atoms with van der Waals surface area (Å²) >= 11 is 1.26. The summed E-state index contributed by atoms with van der Waals surface area (Å²) in [5, 5.41) is 12.1. The van der Waals surface area contributed by atoms with Gasteiger partial charge in [-0.3, -0.25) is 14.4 Å². The molecular formula is C14H18N2O4S. The molecule has 6 nitrogen and oxygen atoms in total. The summed E-state index contributed by atoms with van der Waals surface area (Å²) in [6.07, 6.45) is 1.62. The number of carbonyl (C=O) groups excluding carboxylic acids is 2. The van der Waals surface area contributed by atoms with Crippen LogP contribution in [0.4, 0.5) is 5.00 Å². The molecule has 0 unspecified atom stereocenters. The minimum atomic E-state index is -0.780. The average Bonchev–Trinajstić information content (AvgIpc) is 2.85. The Morgan fingerprint density at radius 2 is 2.00 bits per heavy atom. The largest absolute Gasteiger partial charge is 0.481 e. The fourth-order valence-electron chi connectivity index (χ4n) is 2.44. The van der Waals surface area contributed by atoms with Gasteiger partial charge in [0, 0.05) is 26.4 Å². The Labute approximate surface area is 126 Å². The molecule has 21 heavy (non-hydrogen) atoms. The van der Waals surface area contributed by atoms with Crippen LogP contribution in [0, 0.1) is 5.92 Å². The van der Waals surface area contributed by atoms with Gasteiger partial charge in [0.25, 0.3) is 5.91 Å². The Kier molecular flexibility index (Phi) is 4.95. The van der Waals surface area contributed by atoms with Crippen LogP contribution in [-0.2, 0) is 9.59 Å². The van der Waals surface area contributed by atoms with Crippen molar-refractivity contribution in [3.05, 3.63) is 17.0 Å². The van der Waals surface area contributed by atoms with Crippen LogP contribution in [0.2, 0.25) is 0 Å². The van der Waals surface area contributed by atoms with E-state index in [4.69, 9.17) is 5.11 Å². The Hall–Kier alpha value is -1.89. The number of likely N-dealkylation sites (tertiary alicyclic amines) is 1. The molecule has 0 atom stereocenters. The van der Waals surface area contributed by atoms with Crippen molar-refractivity contribution in [3.63, 3.8) is 0 Å². The number of carbonyl (C=O) groups is 3. The van der Waals surface area contributed by atoms with E-state index in [1.54, 1.807) is 17.0 Å². The van der Waals surface area contributed by atoms with Gasteiger partial charge in [-0.25, -0.2) is 0 Å². The second kappa shape index (κ2) is 6.71. The summed E-state index contributed by atoms with van der Waals surface area (Å²) in [5.41, 5.74) is 0. The van der Waals surface area contributed by atoms with Crippen LogP contribution in [0.3, 0.4) is 0 Å². The van der Waals surface area contributed by atoms with Crippen LogP contribution in [0.15, 0.2) is 12.1 Å². The van der Waals surface area contributed by atoms with E-state index >= 15 is 0 Å². The predicted molar refractivity (Wildman–Crippen MR) is 79.5 cm³/mol. The van der Waals surface area contributed by atoms with Crippen molar-refractivity contribution in [3.8, 4) is 0 Å². The molecule has 1 aliphatic rings. The number of rotatable bonds is 4. The highest BCUT2D eigenvalue weighted by molar-refractivity contribution is 7.18. The molecule has 1 aromatic rings. The second-order valence-corrected chi connectivity index (χ2v) is 6.26. The first-order valence-corrected chi connectivity index (χ1v) is 7.66. The van der Waals surface area contributed by atoms with Gasteiger partial charge in [-0.15, -0.1) is 11.3 Å². The van der Waals surface area contributed by atoms with E-state index in [0.717, 1.165) is 12.8 Å². The lowest BCUT2D eigenvalue weighted by atomic mass is 9.93. The third-order valence-corrected chi connectivity index (χ3v) is 4.47. The van der Waals surface area contributed by atoms with Gasteiger partial charge < -0.3 is 15.3 Å². The van der Waals surface area contributed by atoms with E-state index in [1.165, 1.54) is 18.3 Å². The van der Waals surface area contributed by atoms with Crippen LogP contribution in [0.1, 0.15) is 35.9 Å². The van der Waals surface area contributed by atoms with Crippen molar-refractivity contribution in [2.45, 2.75) is 26.2 Å². The minimum Gasteiger partial charge on any atom is -0.481 e. The van der Waals surface area contributed by atoms with E-state index < -0.39 is 5.97 Å². The standard InChI is InChI=1S/C14H18N2O4S/c1-9(17)15-12-3-2-11(21-12)14(20)16-6-4-10(5-7-16)8-13(18)19/h2-3,10H,4-8H2,1H3,(H,15,17)(H,18,19). The van der Waals surface area contributed by atoms with Gasteiger partial charge in [0.05, 0.1) is 9.88 Å². The number of anilines is 1. The normalized spacial score (nSPS) is 15.8. The summed E-state index contributed by atoms with van der Waals surface area (Å²) in [4.78, 5) is 36.3. The average molecular weight is 310 g/mol. The summed E-state index contributed by atoms with van der Waals surface area (Å²) < 4.78 is 0. The summed E-state index contributed by atoms with van der Waals surface area (Å²) in [7, 11) is 0. The molecule has 0 aliphatic carbocycles. The number of piperidine rings is 1. The lowest BCUT2D eigenvalue weighted by molar-refractivity contribution is -0.138. The topological polar surface area (TPSA) is 86.7 Å². The summed E-state index contributed by atoms with van der Waals surface area (Å²) in [6, 6.07) is 3.43. The van der Waals surface area contributed by atoms with Crippen molar-refractivity contribution in [2.24, 2.45) is 5.92 Å². The van der Waals surface area contributed by atoms with E-state index in [2.05, 4.69) is 5.32 Å². The highest BCUT2D eigenvalue weighted by atomic mass is 32.1. The Morgan fingerprint density at radius 1 is 1.33 bits per heavy atom. The monoisotopic (exact) mass is 310 g/mol. The molecule has 2 amide bonds. The van der Waals surface area contributed by atoms with Crippen LogP contribution < -0.4 is 5.32 Å². The molecule has 114 valence electrons. The summed E-state index contributed by atoms with van der Waals surface area (Å²) in [6.45, 7) is 2.60. The molecule has 0 spiro atoms. The highest BCUT2D eigenvalue weighted by Gasteiger charge is 2.25. The van der Waals surface area contributed by atoms with Gasteiger partial charge in [0.1, 0.15) is 0 Å². The molecule has 2 rings (SSSR count).